The van der Waals surface area contributed by atoms with Crippen molar-refractivity contribution in [2.75, 3.05) is 6.61 Å². The van der Waals surface area contributed by atoms with Gasteiger partial charge in [-0.3, -0.25) is 14.4 Å². The molecule has 348 valence electrons. The summed E-state index contributed by atoms with van der Waals surface area (Å²) >= 11 is 0. The van der Waals surface area contributed by atoms with E-state index in [1.807, 2.05) is 0 Å². The van der Waals surface area contributed by atoms with Crippen LogP contribution in [0.1, 0.15) is 106 Å². The molecule has 1 heterocycles. The highest BCUT2D eigenvalue weighted by Gasteiger charge is 2.81. The van der Waals surface area contributed by atoms with Crippen LogP contribution in [0.5, 0.6) is 0 Å². The van der Waals surface area contributed by atoms with Crippen LogP contribution in [0.3, 0.4) is 0 Å². The number of esters is 4. The van der Waals surface area contributed by atoms with Gasteiger partial charge < -0.3 is 53.8 Å². The fraction of sp³-hybridized carbons (Fsp3) is 0.667. The molecular formula is C45H61NO17. The molecule has 1 saturated heterocycles. The van der Waals surface area contributed by atoms with E-state index in [1.165, 1.54) is 39.8 Å². The number of aliphatic hydroxyl groups is 3. The van der Waals surface area contributed by atoms with Crippen molar-refractivity contribution in [1.82, 2.24) is 5.32 Å². The zero-order valence-electron chi connectivity index (χ0n) is 37.8. The van der Waals surface area contributed by atoms with Gasteiger partial charge in [0.05, 0.1) is 35.6 Å². The molecule has 5 rings (SSSR count). The molecular weight excluding hydrogens is 826 g/mol. The molecule has 1 aliphatic heterocycles. The van der Waals surface area contributed by atoms with Crippen LogP contribution in [-0.4, -0.2) is 123 Å². The van der Waals surface area contributed by atoms with Crippen LogP contribution in [0.25, 0.3) is 0 Å². The number of amides is 1. The van der Waals surface area contributed by atoms with Crippen LogP contribution < -0.4 is 5.32 Å². The summed E-state index contributed by atoms with van der Waals surface area (Å²) in [5.41, 5.74) is -9.77. The quantitative estimate of drug-likeness (QED) is 0.140. The monoisotopic (exact) mass is 887 g/mol. The molecule has 0 radical (unpaired) electrons. The third kappa shape index (κ3) is 8.53. The summed E-state index contributed by atoms with van der Waals surface area (Å²) in [6.07, 6.45) is -13.8. The number of nitrogens with one attached hydrogen (secondary N) is 1. The minimum absolute atomic E-state index is 0.00171. The van der Waals surface area contributed by atoms with Crippen LogP contribution in [0.15, 0.2) is 41.5 Å². The second kappa shape index (κ2) is 17.5. The molecule has 18 heteroatoms. The van der Waals surface area contributed by atoms with Gasteiger partial charge in [0, 0.05) is 25.2 Å². The van der Waals surface area contributed by atoms with Crippen LogP contribution in [0.4, 0.5) is 9.59 Å². The number of carbonyl (C=O) groups is 7. The van der Waals surface area contributed by atoms with Crippen LogP contribution in [0.2, 0.25) is 0 Å². The number of alkyl carbamates (subject to hydrolysis) is 1. The Morgan fingerprint density at radius 1 is 0.968 bits per heavy atom. The first-order valence-corrected chi connectivity index (χ1v) is 21.1. The smallest absolute Gasteiger partial charge is 0.456 e. The number of ether oxygens (including phenoxy) is 7. The molecule has 4 aliphatic rings. The summed E-state index contributed by atoms with van der Waals surface area (Å²) in [6.45, 7) is 16.8. The highest BCUT2D eigenvalue weighted by molar-refractivity contribution is 5.96. The van der Waals surface area contributed by atoms with Gasteiger partial charge in [0.1, 0.15) is 11.2 Å². The Hall–Kier alpha value is -5.07. The normalized spacial score (nSPS) is 33.2. The first kappa shape index (κ1) is 49.0. The SMILES string of the molecule is CC(=O)O[C@H]1C(=O)[C@@]2(C)[C@H]([C@H](OC(=O)c3ccccc3)[C@]34OC(=O)O[C@H]3[C@H](OC(=O)[C@H](O)[C@H](CC(C)C)NC(=O)OC(C)(C)C)C(C)=C1C4(C)C)[C@@](CO)(OC(C)=O)[C@H](C)C[C@@H]2O. The summed E-state index contributed by atoms with van der Waals surface area (Å²) < 4.78 is 42.1. The van der Waals surface area contributed by atoms with Gasteiger partial charge in [0.25, 0.3) is 0 Å². The zero-order valence-corrected chi connectivity index (χ0v) is 37.8. The first-order chi connectivity index (χ1) is 29.1. The summed E-state index contributed by atoms with van der Waals surface area (Å²) in [4.78, 5) is 97.6. The van der Waals surface area contributed by atoms with Crippen molar-refractivity contribution in [3.8, 4) is 0 Å². The second-order valence-corrected chi connectivity index (χ2v) is 19.3. The average Bonchev–Trinajstić information content (AvgIpc) is 3.53. The number of fused-ring (bicyclic) bond motifs is 2. The van der Waals surface area contributed by atoms with E-state index in [0.29, 0.717) is 0 Å². The maximum atomic E-state index is 15.6. The number of ketones is 1. The van der Waals surface area contributed by atoms with Crippen LogP contribution >= 0.6 is 0 Å². The topological polar surface area (TPSA) is 257 Å². The molecule has 2 saturated carbocycles. The van der Waals surface area contributed by atoms with Crippen molar-refractivity contribution in [3.63, 3.8) is 0 Å². The lowest BCUT2D eigenvalue weighted by Gasteiger charge is -2.64. The van der Waals surface area contributed by atoms with E-state index in [0.717, 1.165) is 13.8 Å². The summed E-state index contributed by atoms with van der Waals surface area (Å²) in [5, 5.41) is 37.9. The van der Waals surface area contributed by atoms with Crippen molar-refractivity contribution in [2.24, 2.45) is 28.6 Å². The molecule has 1 amide bonds. The van der Waals surface area contributed by atoms with Crippen molar-refractivity contribution < 1.29 is 82.0 Å². The van der Waals surface area contributed by atoms with Gasteiger partial charge in [-0.1, -0.05) is 52.8 Å². The lowest BCUT2D eigenvalue weighted by molar-refractivity contribution is -0.280. The number of rotatable bonds is 11. The zero-order chi connectivity index (χ0) is 47.4. The number of benzene rings is 1. The lowest BCUT2D eigenvalue weighted by atomic mass is 9.44. The standard InChI is InChI=1S/C45H61NO17/c1-21(2)18-27(46-39(55)62-41(7,8)9)30(51)38(54)58-31-23(4)29-32(57-24(5)48)34(52)43(12)28(50)19-22(3)44(20-47,61-25(6)49)33(43)36(59-37(53)26-16-14-13-15-17-26)45(42(29,10)11)35(31)60-40(56)63-45/h13-17,21-22,27-28,30-33,35-36,47,50-51H,18-20H2,1-12H3,(H,46,55)/t22-,27+,28+,30-,31-,32-,33+,35+,36+,43-,44+,45-/m1/s1. The van der Waals surface area contributed by atoms with E-state index in [2.05, 4.69) is 5.32 Å². The maximum Gasteiger partial charge on any atom is 0.509 e. The Balaban J connectivity index is 1.85. The predicted molar refractivity (Wildman–Crippen MR) is 218 cm³/mol. The van der Waals surface area contributed by atoms with Gasteiger partial charge in [0.15, 0.2) is 36.3 Å². The van der Waals surface area contributed by atoms with Crippen molar-refractivity contribution >= 4 is 41.9 Å². The molecule has 18 nitrogen and oxygen atoms in total. The van der Waals surface area contributed by atoms with E-state index in [-0.39, 0.29) is 35.5 Å². The molecule has 0 aromatic heterocycles. The highest BCUT2D eigenvalue weighted by atomic mass is 16.8. The van der Waals surface area contributed by atoms with E-state index in [1.54, 1.807) is 59.7 Å². The Morgan fingerprint density at radius 2 is 1.59 bits per heavy atom. The van der Waals surface area contributed by atoms with Gasteiger partial charge in [-0.25, -0.2) is 19.2 Å². The third-order valence-corrected chi connectivity index (χ3v) is 13.1. The van der Waals surface area contributed by atoms with E-state index >= 15 is 4.79 Å². The molecule has 2 bridgehead atoms. The predicted octanol–water partition coefficient (Wildman–Crippen LogP) is 3.89. The number of Topliss-reactive ketones (excluding diaryl/α,β-unsaturated/α-hetero) is 1. The fourth-order valence-electron chi connectivity index (χ4n) is 10.4. The van der Waals surface area contributed by atoms with Gasteiger partial charge in [-0.2, -0.15) is 0 Å². The van der Waals surface area contributed by atoms with Crippen molar-refractivity contribution in [1.29, 1.82) is 0 Å². The summed E-state index contributed by atoms with van der Waals surface area (Å²) in [6, 6.07) is 6.31. The summed E-state index contributed by atoms with van der Waals surface area (Å²) in [7, 11) is 0. The number of carbonyl (C=O) groups excluding carboxylic acids is 7. The van der Waals surface area contributed by atoms with Gasteiger partial charge in [0.2, 0.25) is 5.60 Å². The van der Waals surface area contributed by atoms with E-state index in [9.17, 15) is 44.1 Å². The fourth-order valence-corrected chi connectivity index (χ4v) is 10.4. The molecule has 3 fully saturated rings. The van der Waals surface area contributed by atoms with Crippen LogP contribution in [0, 0.1) is 28.6 Å². The molecule has 1 aromatic rings. The maximum absolute atomic E-state index is 15.6. The Bertz CT molecular complexity index is 2020. The van der Waals surface area contributed by atoms with E-state index < -0.39 is 131 Å². The third-order valence-electron chi connectivity index (χ3n) is 13.1. The largest absolute Gasteiger partial charge is 0.509 e. The Kier molecular flexibility index (Phi) is 13.6. The lowest BCUT2D eigenvalue weighted by Crippen LogP contribution is -2.79. The second-order valence-electron chi connectivity index (χ2n) is 19.3. The Morgan fingerprint density at radius 3 is 2.13 bits per heavy atom. The minimum atomic E-state index is -2.45. The number of aliphatic hydroxyl groups excluding tert-OH is 3. The van der Waals surface area contributed by atoms with Gasteiger partial charge in [-0.15, -0.1) is 0 Å². The number of hydrogen-bond acceptors (Lipinski definition) is 17. The molecule has 3 aliphatic carbocycles. The highest BCUT2D eigenvalue weighted by Crippen LogP contribution is 2.66. The molecule has 4 N–H and O–H groups in total. The molecule has 1 spiro atoms. The summed E-state index contributed by atoms with van der Waals surface area (Å²) in [5.74, 6) is -8.26. The molecule has 0 unspecified atom stereocenters. The van der Waals surface area contributed by atoms with Crippen molar-refractivity contribution in [2.45, 2.75) is 155 Å². The van der Waals surface area contributed by atoms with E-state index in [4.69, 9.17) is 33.2 Å². The minimum Gasteiger partial charge on any atom is -0.456 e. The van der Waals surface area contributed by atoms with Gasteiger partial charge in [-0.05, 0) is 76.7 Å². The van der Waals surface area contributed by atoms with Crippen molar-refractivity contribution in [3.05, 3.63) is 47.0 Å². The first-order valence-electron chi connectivity index (χ1n) is 21.1. The molecule has 12 atom stereocenters. The van der Waals surface area contributed by atoms with Gasteiger partial charge >= 0.3 is 36.1 Å². The van der Waals surface area contributed by atoms with Crippen LogP contribution in [-0.2, 0) is 52.3 Å². The molecule has 63 heavy (non-hydrogen) atoms. The number of hydrogen-bond donors (Lipinski definition) is 4. The average molecular weight is 888 g/mol. The molecule has 1 aromatic carbocycles. The Labute approximate surface area is 366 Å².